The van der Waals surface area contributed by atoms with Crippen LogP contribution >= 0.6 is 0 Å². The number of rotatable bonds is 9. The standard InChI is InChI=1S/C33H35FN2O7/c1-21(2)33-31(29(40)35-25-11-7-4-8-12-25)30(43-31,22-9-5-3-6-10-22)32(41,23-13-15-24(34)16-14-23)36(33)18-17-27(42-33)19-26(37)20-28(38)39/h3-16,21,26-27,37,41H,17-20H2,1-2H3,(H,35,40)(H,38,39)/t26-,27-,30-,31-,32-,33+/m1/s1. The van der Waals surface area contributed by atoms with Crippen LogP contribution in [0.2, 0.25) is 0 Å². The zero-order chi connectivity index (χ0) is 30.6. The van der Waals surface area contributed by atoms with Gasteiger partial charge in [0.25, 0.3) is 5.91 Å². The second-order valence-corrected chi connectivity index (χ2v) is 11.8. The predicted octanol–water partition coefficient (Wildman–Crippen LogP) is 3.96. The first-order chi connectivity index (χ1) is 20.5. The molecule has 3 fully saturated rings. The third-order valence-corrected chi connectivity index (χ3v) is 9.07. The average molecular weight is 591 g/mol. The molecule has 3 aliphatic heterocycles. The Morgan fingerprint density at radius 2 is 1.63 bits per heavy atom. The first-order valence-electron chi connectivity index (χ1n) is 14.5. The van der Waals surface area contributed by atoms with Gasteiger partial charge in [0.2, 0.25) is 5.60 Å². The molecule has 0 radical (unpaired) electrons. The number of para-hydroxylation sites is 1. The van der Waals surface area contributed by atoms with Gasteiger partial charge in [-0.15, -0.1) is 0 Å². The third-order valence-electron chi connectivity index (χ3n) is 9.07. The Hall–Kier alpha value is -3.67. The maximum Gasteiger partial charge on any atom is 0.305 e. The van der Waals surface area contributed by atoms with Gasteiger partial charge in [0, 0.05) is 24.2 Å². The predicted molar refractivity (Wildman–Crippen MR) is 154 cm³/mol. The Balaban J connectivity index is 1.57. The van der Waals surface area contributed by atoms with Gasteiger partial charge in [-0.3, -0.25) is 9.59 Å². The lowest BCUT2D eigenvalue weighted by Crippen LogP contribution is -2.70. The molecular weight excluding hydrogens is 555 g/mol. The van der Waals surface area contributed by atoms with Gasteiger partial charge in [-0.2, -0.15) is 0 Å². The number of anilines is 1. The Morgan fingerprint density at radius 3 is 2.23 bits per heavy atom. The number of carboxylic acids is 1. The molecule has 3 aromatic rings. The molecule has 0 saturated carbocycles. The van der Waals surface area contributed by atoms with Crippen LogP contribution in [-0.4, -0.2) is 62.2 Å². The molecule has 6 atom stereocenters. The summed E-state index contributed by atoms with van der Waals surface area (Å²) in [5.74, 6) is -2.62. The molecule has 3 aromatic carbocycles. The van der Waals surface area contributed by atoms with Crippen LogP contribution in [0.25, 0.3) is 0 Å². The lowest BCUT2D eigenvalue weighted by molar-refractivity contribution is -0.327. The number of epoxide rings is 1. The molecule has 3 aliphatic rings. The highest BCUT2D eigenvalue weighted by molar-refractivity contribution is 6.03. The van der Waals surface area contributed by atoms with Crippen LogP contribution in [0.4, 0.5) is 10.1 Å². The van der Waals surface area contributed by atoms with Crippen LogP contribution in [0.5, 0.6) is 0 Å². The van der Waals surface area contributed by atoms with Gasteiger partial charge in [-0.1, -0.05) is 74.5 Å². The molecule has 0 bridgehead atoms. The average Bonchev–Trinajstić information content (AvgIpc) is 3.67. The van der Waals surface area contributed by atoms with Crippen molar-refractivity contribution in [1.82, 2.24) is 4.90 Å². The summed E-state index contributed by atoms with van der Waals surface area (Å²) in [6, 6.07) is 23.4. The zero-order valence-corrected chi connectivity index (χ0v) is 23.9. The van der Waals surface area contributed by atoms with Crippen molar-refractivity contribution >= 4 is 17.6 Å². The number of fused-ring (bicyclic) bond motifs is 3. The van der Waals surface area contributed by atoms with E-state index in [1.54, 1.807) is 53.4 Å². The van der Waals surface area contributed by atoms with Gasteiger partial charge in [-0.25, -0.2) is 9.29 Å². The van der Waals surface area contributed by atoms with Gasteiger partial charge in [0.05, 0.1) is 18.6 Å². The number of benzene rings is 3. The summed E-state index contributed by atoms with van der Waals surface area (Å²) in [4.78, 5) is 27.8. The molecule has 0 aliphatic carbocycles. The lowest BCUT2D eigenvalue weighted by Gasteiger charge is -2.55. The van der Waals surface area contributed by atoms with Crippen molar-refractivity contribution in [2.75, 3.05) is 11.9 Å². The minimum Gasteiger partial charge on any atom is -0.481 e. The highest BCUT2D eigenvalue weighted by atomic mass is 19.1. The second-order valence-electron chi connectivity index (χ2n) is 11.8. The number of nitrogens with zero attached hydrogens (tertiary/aromatic N) is 1. The summed E-state index contributed by atoms with van der Waals surface area (Å²) in [6.07, 6.45) is -1.94. The monoisotopic (exact) mass is 590 g/mol. The number of aliphatic hydroxyl groups excluding tert-OH is 1. The number of aliphatic hydroxyl groups is 2. The smallest absolute Gasteiger partial charge is 0.305 e. The minimum atomic E-state index is -2.00. The van der Waals surface area contributed by atoms with Crippen molar-refractivity contribution < 1.29 is 38.8 Å². The summed E-state index contributed by atoms with van der Waals surface area (Å²) in [5, 5.41) is 35.9. The topological polar surface area (TPSA) is 132 Å². The van der Waals surface area contributed by atoms with E-state index in [0.29, 0.717) is 23.2 Å². The number of hydrogen-bond acceptors (Lipinski definition) is 7. The molecule has 1 amide bonds. The second kappa shape index (κ2) is 10.5. The van der Waals surface area contributed by atoms with E-state index < -0.39 is 64.9 Å². The van der Waals surface area contributed by atoms with Crippen LogP contribution in [0.1, 0.15) is 44.2 Å². The maximum absolute atomic E-state index is 14.7. The van der Waals surface area contributed by atoms with E-state index in [2.05, 4.69) is 5.32 Å². The molecule has 226 valence electrons. The number of carbonyl (C=O) groups is 2. The number of carboxylic acid groups (broad SMARTS) is 1. The summed E-state index contributed by atoms with van der Waals surface area (Å²) in [6.45, 7) is 3.96. The van der Waals surface area contributed by atoms with E-state index in [1.807, 2.05) is 26.0 Å². The van der Waals surface area contributed by atoms with Gasteiger partial charge >= 0.3 is 5.97 Å². The highest BCUT2D eigenvalue weighted by Crippen LogP contribution is 2.79. The molecule has 3 heterocycles. The molecular formula is C33H35FN2O7. The third kappa shape index (κ3) is 4.08. The van der Waals surface area contributed by atoms with Crippen molar-refractivity contribution in [2.45, 2.75) is 68.0 Å². The van der Waals surface area contributed by atoms with Crippen LogP contribution in [0, 0.1) is 11.7 Å². The fraction of sp³-hybridized carbons (Fsp3) is 0.394. The van der Waals surface area contributed by atoms with Gasteiger partial charge in [-0.05, 0) is 42.2 Å². The van der Waals surface area contributed by atoms with E-state index in [9.17, 15) is 29.3 Å². The van der Waals surface area contributed by atoms with Crippen molar-refractivity contribution in [2.24, 2.45) is 5.92 Å². The number of aliphatic carboxylic acids is 1. The van der Waals surface area contributed by atoms with Crippen LogP contribution in [-0.2, 0) is 30.4 Å². The van der Waals surface area contributed by atoms with E-state index in [4.69, 9.17) is 9.47 Å². The van der Waals surface area contributed by atoms with E-state index in [-0.39, 0.29) is 13.0 Å². The van der Waals surface area contributed by atoms with E-state index in [0.717, 1.165) is 0 Å². The summed E-state index contributed by atoms with van der Waals surface area (Å²) in [5.41, 5.74) is -5.71. The Morgan fingerprint density at radius 1 is 1.00 bits per heavy atom. The van der Waals surface area contributed by atoms with Crippen LogP contribution in [0.15, 0.2) is 84.9 Å². The zero-order valence-electron chi connectivity index (χ0n) is 23.9. The van der Waals surface area contributed by atoms with Crippen LogP contribution < -0.4 is 5.32 Å². The van der Waals surface area contributed by atoms with Crippen LogP contribution in [0.3, 0.4) is 0 Å². The van der Waals surface area contributed by atoms with Crippen molar-refractivity contribution in [3.63, 3.8) is 0 Å². The van der Waals surface area contributed by atoms with E-state index >= 15 is 0 Å². The van der Waals surface area contributed by atoms with Crippen molar-refractivity contribution in [1.29, 1.82) is 0 Å². The molecule has 3 saturated heterocycles. The molecule has 0 aromatic heterocycles. The first kappa shape index (κ1) is 29.4. The summed E-state index contributed by atoms with van der Waals surface area (Å²) in [7, 11) is 0. The molecule has 0 unspecified atom stereocenters. The number of morpholine rings is 1. The number of nitrogens with one attached hydrogen (secondary N) is 1. The van der Waals surface area contributed by atoms with Gasteiger partial charge in [0.1, 0.15) is 5.82 Å². The molecule has 43 heavy (non-hydrogen) atoms. The molecule has 9 nitrogen and oxygen atoms in total. The Labute approximate surface area is 248 Å². The number of ether oxygens (including phenoxy) is 2. The fourth-order valence-corrected chi connectivity index (χ4v) is 7.42. The fourth-order valence-electron chi connectivity index (χ4n) is 7.42. The highest BCUT2D eigenvalue weighted by Gasteiger charge is 2.99. The SMILES string of the molecule is CC(C)[C@@]12O[C@@H](C[C@@H](O)CC(=O)O)CCN1[C@@](O)(c1ccc(F)cc1)[C@]1(c3ccccc3)O[C@]12C(=O)Nc1ccccc1. The van der Waals surface area contributed by atoms with E-state index in [1.165, 1.54) is 24.3 Å². The minimum absolute atomic E-state index is 0.0122. The number of carbonyl (C=O) groups excluding carboxylic acids is 1. The van der Waals surface area contributed by atoms with Gasteiger partial charge < -0.3 is 30.1 Å². The van der Waals surface area contributed by atoms with Crippen molar-refractivity contribution in [3.05, 3.63) is 102 Å². The Kier molecular flexibility index (Phi) is 7.18. The number of amides is 1. The maximum atomic E-state index is 14.7. The van der Waals surface area contributed by atoms with Gasteiger partial charge in [0.15, 0.2) is 17.1 Å². The quantitative estimate of drug-likeness (QED) is 0.276. The Bertz CT molecular complexity index is 1510. The van der Waals surface area contributed by atoms with Crippen molar-refractivity contribution in [3.8, 4) is 0 Å². The largest absolute Gasteiger partial charge is 0.481 e. The lowest BCUT2D eigenvalue weighted by atomic mass is 9.73. The molecule has 4 N–H and O–H groups in total. The number of hydrogen-bond donors (Lipinski definition) is 4. The summed E-state index contributed by atoms with van der Waals surface area (Å²) >= 11 is 0. The number of halogens is 1. The molecule has 6 rings (SSSR count). The summed E-state index contributed by atoms with van der Waals surface area (Å²) < 4.78 is 27.8. The molecule has 0 spiro atoms. The molecule has 10 heteroatoms. The first-order valence-corrected chi connectivity index (χ1v) is 14.5. The normalized spacial score (nSPS) is 32.1.